The largest absolute Gasteiger partial charge is 0.338 e. The van der Waals surface area contributed by atoms with Crippen LogP contribution >= 0.6 is 11.3 Å². The molecule has 0 bridgehead atoms. The van der Waals surface area contributed by atoms with Crippen LogP contribution in [0.5, 0.6) is 0 Å². The minimum atomic E-state index is -0.249. The highest BCUT2D eigenvalue weighted by atomic mass is 32.1. The Morgan fingerprint density at radius 1 is 1.06 bits per heavy atom. The number of nitrogens with zero attached hydrogens (tertiary/aromatic N) is 3. The van der Waals surface area contributed by atoms with E-state index in [0.29, 0.717) is 19.0 Å². The molecule has 4 nitrogen and oxygen atoms in total. The maximum Gasteiger partial charge on any atom is 0.225 e. The second kappa shape index (κ2) is 9.87. The van der Waals surface area contributed by atoms with Crippen LogP contribution in [0.15, 0.2) is 66.2 Å². The molecule has 0 atom stereocenters. The lowest BCUT2D eigenvalue weighted by molar-refractivity contribution is -0.137. The topological polar surface area (TPSA) is 37.6 Å². The molecule has 1 fully saturated rings. The lowest BCUT2D eigenvalue weighted by atomic mass is 9.88. The van der Waals surface area contributed by atoms with Crippen molar-refractivity contribution in [3.63, 3.8) is 0 Å². The van der Waals surface area contributed by atoms with Gasteiger partial charge in [0.05, 0.1) is 5.69 Å². The second-order valence-corrected chi connectivity index (χ2v) is 9.68. The molecule has 6 heteroatoms. The Kier molecular flexibility index (Phi) is 6.53. The molecule has 0 radical (unpaired) electrons. The van der Waals surface area contributed by atoms with E-state index in [1.807, 2.05) is 29.3 Å². The summed E-state index contributed by atoms with van der Waals surface area (Å²) in [5, 5.41) is 2.13. The minimum Gasteiger partial charge on any atom is -0.338 e. The van der Waals surface area contributed by atoms with Gasteiger partial charge in [0.2, 0.25) is 5.91 Å². The van der Waals surface area contributed by atoms with Crippen LogP contribution in [0.3, 0.4) is 0 Å². The second-order valence-electron chi connectivity index (χ2n) is 8.84. The van der Waals surface area contributed by atoms with Crippen LogP contribution in [0, 0.1) is 11.7 Å². The minimum absolute atomic E-state index is 0.156. The SMILES string of the molecule is O=C(C1CCCCC1)N(CCc1csc2nc(-c3ccc(F)cc3)cn12)Cc1ccccc1. The lowest BCUT2D eigenvalue weighted by Gasteiger charge is -2.29. The molecular formula is C27H28FN3OS. The van der Waals surface area contributed by atoms with Crippen LogP contribution in [0.4, 0.5) is 4.39 Å². The van der Waals surface area contributed by atoms with Gasteiger partial charge in [0.25, 0.3) is 0 Å². The van der Waals surface area contributed by atoms with Crippen LogP contribution in [-0.4, -0.2) is 26.7 Å². The first-order valence-electron chi connectivity index (χ1n) is 11.7. The van der Waals surface area contributed by atoms with Gasteiger partial charge in [0.15, 0.2) is 4.96 Å². The predicted octanol–water partition coefficient (Wildman–Crippen LogP) is 6.35. The normalized spacial score (nSPS) is 14.6. The zero-order chi connectivity index (χ0) is 22.6. The lowest BCUT2D eigenvalue weighted by Crippen LogP contribution is -2.38. The highest BCUT2D eigenvalue weighted by Crippen LogP contribution is 2.27. The van der Waals surface area contributed by atoms with Crippen molar-refractivity contribution in [3.05, 3.63) is 83.2 Å². The molecule has 2 aromatic carbocycles. The maximum absolute atomic E-state index is 13.4. The first-order chi connectivity index (χ1) is 16.2. The Bertz CT molecular complexity index is 1210. The number of halogens is 1. The first-order valence-corrected chi connectivity index (χ1v) is 12.6. The number of carbonyl (C=O) groups is 1. The molecule has 2 aromatic heterocycles. The molecule has 0 N–H and O–H groups in total. The van der Waals surface area contributed by atoms with Crippen LogP contribution in [0.25, 0.3) is 16.2 Å². The van der Waals surface area contributed by atoms with Gasteiger partial charge in [-0.2, -0.15) is 0 Å². The van der Waals surface area contributed by atoms with Crippen molar-refractivity contribution < 1.29 is 9.18 Å². The Labute approximate surface area is 197 Å². The van der Waals surface area contributed by atoms with Crippen LogP contribution < -0.4 is 0 Å². The van der Waals surface area contributed by atoms with Gasteiger partial charge in [-0.15, -0.1) is 11.3 Å². The van der Waals surface area contributed by atoms with Gasteiger partial charge >= 0.3 is 0 Å². The van der Waals surface area contributed by atoms with Crippen molar-refractivity contribution in [3.8, 4) is 11.3 Å². The summed E-state index contributed by atoms with van der Waals surface area (Å²) < 4.78 is 15.4. The zero-order valence-electron chi connectivity index (χ0n) is 18.6. The van der Waals surface area contributed by atoms with E-state index in [-0.39, 0.29) is 11.7 Å². The molecular weight excluding hydrogens is 433 g/mol. The third-order valence-electron chi connectivity index (χ3n) is 6.54. The fourth-order valence-electron chi connectivity index (χ4n) is 4.70. The highest BCUT2D eigenvalue weighted by Gasteiger charge is 2.26. The number of amides is 1. The van der Waals surface area contributed by atoms with Gasteiger partial charge in [-0.05, 0) is 42.7 Å². The van der Waals surface area contributed by atoms with Crippen molar-refractivity contribution >= 4 is 22.2 Å². The zero-order valence-corrected chi connectivity index (χ0v) is 19.4. The molecule has 170 valence electrons. The number of carbonyl (C=O) groups excluding carboxylic acids is 1. The molecule has 0 unspecified atom stereocenters. The fourth-order valence-corrected chi connectivity index (χ4v) is 5.60. The highest BCUT2D eigenvalue weighted by molar-refractivity contribution is 7.15. The summed E-state index contributed by atoms with van der Waals surface area (Å²) in [4.78, 5) is 21.1. The van der Waals surface area contributed by atoms with E-state index >= 15 is 0 Å². The first kappa shape index (κ1) is 21.8. The summed E-state index contributed by atoms with van der Waals surface area (Å²) in [6.07, 6.45) is 8.35. The Morgan fingerprint density at radius 2 is 1.82 bits per heavy atom. The van der Waals surface area contributed by atoms with Crippen molar-refractivity contribution in [2.75, 3.05) is 6.54 Å². The molecule has 1 aliphatic rings. The Balaban J connectivity index is 1.34. The summed E-state index contributed by atoms with van der Waals surface area (Å²) in [6, 6.07) is 16.7. The van der Waals surface area contributed by atoms with E-state index in [1.54, 1.807) is 23.5 Å². The summed E-state index contributed by atoms with van der Waals surface area (Å²) in [6.45, 7) is 1.33. The molecule has 1 amide bonds. The smallest absolute Gasteiger partial charge is 0.225 e. The van der Waals surface area contributed by atoms with Gasteiger partial charge in [0, 0.05) is 48.3 Å². The summed E-state index contributed by atoms with van der Waals surface area (Å²) >= 11 is 1.60. The van der Waals surface area contributed by atoms with E-state index in [1.165, 1.54) is 24.1 Å². The van der Waals surface area contributed by atoms with Crippen molar-refractivity contribution in [1.82, 2.24) is 14.3 Å². The number of aromatic nitrogens is 2. The Hall–Kier alpha value is -2.99. The van der Waals surface area contributed by atoms with Gasteiger partial charge in [-0.3, -0.25) is 9.20 Å². The molecule has 2 heterocycles. The monoisotopic (exact) mass is 461 g/mol. The number of fused-ring (bicyclic) bond motifs is 1. The quantitative estimate of drug-likeness (QED) is 0.321. The maximum atomic E-state index is 13.4. The number of benzene rings is 2. The third-order valence-corrected chi connectivity index (χ3v) is 7.43. The Morgan fingerprint density at radius 3 is 2.58 bits per heavy atom. The van der Waals surface area contributed by atoms with E-state index in [4.69, 9.17) is 4.98 Å². The molecule has 5 rings (SSSR count). The summed E-state index contributed by atoms with van der Waals surface area (Å²) in [7, 11) is 0. The molecule has 0 spiro atoms. The van der Waals surface area contributed by atoms with E-state index in [2.05, 4.69) is 21.9 Å². The third kappa shape index (κ3) is 5.01. The van der Waals surface area contributed by atoms with Crippen molar-refractivity contribution in [2.24, 2.45) is 5.92 Å². The number of rotatable bonds is 7. The van der Waals surface area contributed by atoms with Gasteiger partial charge in [-0.25, -0.2) is 9.37 Å². The summed E-state index contributed by atoms with van der Waals surface area (Å²) in [5.74, 6) is 0.201. The van der Waals surface area contributed by atoms with Crippen molar-refractivity contribution in [2.45, 2.75) is 45.1 Å². The molecule has 33 heavy (non-hydrogen) atoms. The van der Waals surface area contributed by atoms with E-state index in [0.717, 1.165) is 54.0 Å². The van der Waals surface area contributed by atoms with Crippen molar-refractivity contribution in [1.29, 1.82) is 0 Å². The van der Waals surface area contributed by atoms with Crippen LogP contribution in [-0.2, 0) is 17.8 Å². The van der Waals surface area contributed by atoms with E-state index < -0.39 is 0 Å². The average Bonchev–Trinajstić information content (AvgIpc) is 3.44. The molecule has 0 saturated heterocycles. The average molecular weight is 462 g/mol. The van der Waals surface area contributed by atoms with Crippen LogP contribution in [0.1, 0.15) is 43.4 Å². The van der Waals surface area contributed by atoms with Gasteiger partial charge in [0.1, 0.15) is 5.82 Å². The standard InChI is InChI=1S/C27H28FN3OS/c28-23-13-11-21(12-14-23)25-18-31-24(19-33-27(31)29-25)15-16-30(17-20-7-3-1-4-8-20)26(32)22-9-5-2-6-10-22/h1,3-4,7-8,11-14,18-19,22H,2,5-6,9-10,15-17H2. The fraction of sp³-hybridized carbons (Fsp3) is 0.333. The van der Waals surface area contributed by atoms with Crippen LogP contribution in [0.2, 0.25) is 0 Å². The van der Waals surface area contributed by atoms with E-state index in [9.17, 15) is 9.18 Å². The number of thiazole rings is 1. The number of hydrogen-bond acceptors (Lipinski definition) is 3. The van der Waals surface area contributed by atoms with Gasteiger partial charge in [-0.1, -0.05) is 49.6 Å². The predicted molar refractivity (Wildman–Crippen MR) is 131 cm³/mol. The molecule has 4 aromatic rings. The number of imidazole rings is 1. The molecule has 1 aliphatic carbocycles. The number of hydrogen-bond donors (Lipinski definition) is 0. The molecule has 0 aliphatic heterocycles. The molecule has 1 saturated carbocycles. The van der Waals surface area contributed by atoms with Gasteiger partial charge < -0.3 is 4.90 Å². The summed E-state index contributed by atoms with van der Waals surface area (Å²) in [5.41, 5.74) is 4.04.